The first-order valence-corrected chi connectivity index (χ1v) is 8.73. The van der Waals surface area contributed by atoms with E-state index in [1.807, 2.05) is 0 Å². The van der Waals surface area contributed by atoms with E-state index in [-0.39, 0.29) is 37.7 Å². The largest absolute Gasteiger partial charge is 0.341 e. The number of amides is 6. The lowest BCUT2D eigenvalue weighted by Gasteiger charge is -2.38. The Morgan fingerprint density at radius 3 is 2.07 bits per heavy atom. The molecule has 1 atom stereocenters. The number of nitrogens with one attached hydrogen (secondary N) is 2. The van der Waals surface area contributed by atoms with Crippen LogP contribution in [-0.2, 0) is 9.59 Å². The zero-order valence-electron chi connectivity index (χ0n) is 14.7. The SMILES string of the molecule is CC(C(=O)N1CCC2(CC1)NC(=O)NC2=O)N1C(=O)c2ccccc2C1=O. The van der Waals surface area contributed by atoms with Crippen LogP contribution in [0.3, 0.4) is 0 Å². The van der Waals surface area contributed by atoms with E-state index in [0.29, 0.717) is 11.1 Å². The van der Waals surface area contributed by atoms with Gasteiger partial charge in [0.1, 0.15) is 11.6 Å². The monoisotopic (exact) mass is 370 g/mol. The van der Waals surface area contributed by atoms with Crippen LogP contribution in [-0.4, -0.2) is 64.1 Å². The molecule has 0 bridgehead atoms. The smallest absolute Gasteiger partial charge is 0.322 e. The van der Waals surface area contributed by atoms with Gasteiger partial charge in [-0.25, -0.2) is 4.79 Å². The van der Waals surface area contributed by atoms with E-state index in [1.165, 1.54) is 11.8 Å². The predicted octanol–water partition coefficient (Wildman–Crippen LogP) is -0.128. The Morgan fingerprint density at radius 1 is 1.04 bits per heavy atom. The molecule has 1 unspecified atom stereocenters. The first kappa shape index (κ1) is 17.2. The van der Waals surface area contributed by atoms with Crippen molar-refractivity contribution < 1.29 is 24.0 Å². The van der Waals surface area contributed by atoms with Crippen molar-refractivity contribution in [3.05, 3.63) is 35.4 Å². The molecule has 9 nitrogen and oxygen atoms in total. The van der Waals surface area contributed by atoms with Crippen LogP contribution in [0.2, 0.25) is 0 Å². The number of likely N-dealkylation sites (tertiary alicyclic amines) is 1. The number of carbonyl (C=O) groups is 5. The Bertz CT molecular complexity index is 852. The van der Waals surface area contributed by atoms with Crippen molar-refractivity contribution in [3.63, 3.8) is 0 Å². The lowest BCUT2D eigenvalue weighted by Crippen LogP contribution is -2.58. The number of nitrogens with zero attached hydrogens (tertiary/aromatic N) is 2. The van der Waals surface area contributed by atoms with Crippen LogP contribution in [0.25, 0.3) is 0 Å². The topological polar surface area (TPSA) is 116 Å². The molecule has 1 spiro atoms. The third kappa shape index (κ3) is 2.49. The van der Waals surface area contributed by atoms with Crippen molar-refractivity contribution in [2.45, 2.75) is 31.3 Å². The molecule has 1 aromatic carbocycles. The van der Waals surface area contributed by atoms with E-state index >= 15 is 0 Å². The lowest BCUT2D eigenvalue weighted by molar-refractivity contribution is -0.138. The van der Waals surface area contributed by atoms with Gasteiger partial charge < -0.3 is 10.2 Å². The summed E-state index contributed by atoms with van der Waals surface area (Å²) in [5.74, 6) is -1.70. The maximum Gasteiger partial charge on any atom is 0.322 e. The molecule has 3 aliphatic rings. The fourth-order valence-electron chi connectivity index (χ4n) is 3.92. The van der Waals surface area contributed by atoms with Gasteiger partial charge in [-0.15, -0.1) is 0 Å². The molecule has 0 saturated carbocycles. The molecular weight excluding hydrogens is 352 g/mol. The fourth-order valence-corrected chi connectivity index (χ4v) is 3.92. The maximum absolute atomic E-state index is 12.9. The number of hydrogen-bond donors (Lipinski definition) is 2. The average molecular weight is 370 g/mol. The maximum atomic E-state index is 12.9. The molecule has 2 saturated heterocycles. The predicted molar refractivity (Wildman–Crippen MR) is 91.6 cm³/mol. The van der Waals surface area contributed by atoms with Gasteiger partial charge in [-0.05, 0) is 31.9 Å². The minimum atomic E-state index is -0.980. The van der Waals surface area contributed by atoms with Gasteiger partial charge in [0.05, 0.1) is 11.1 Å². The minimum Gasteiger partial charge on any atom is -0.341 e. The van der Waals surface area contributed by atoms with Crippen LogP contribution in [0, 0.1) is 0 Å². The summed E-state index contributed by atoms with van der Waals surface area (Å²) in [5.41, 5.74) is -0.387. The second-order valence-corrected chi connectivity index (χ2v) is 7.02. The standard InChI is InChI=1S/C18H18N4O5/c1-10(22-14(24)11-4-2-3-5-12(11)15(22)25)13(23)21-8-6-18(7-9-21)16(26)19-17(27)20-18/h2-5,10H,6-9H2,1H3,(H2,19,20,26,27). The highest BCUT2D eigenvalue weighted by molar-refractivity contribution is 6.22. The fraction of sp³-hybridized carbons (Fsp3) is 0.389. The molecule has 140 valence electrons. The molecule has 2 N–H and O–H groups in total. The number of piperidine rings is 1. The van der Waals surface area contributed by atoms with E-state index in [4.69, 9.17) is 0 Å². The summed E-state index contributed by atoms with van der Waals surface area (Å²) in [6.07, 6.45) is 0.566. The van der Waals surface area contributed by atoms with Gasteiger partial charge in [-0.1, -0.05) is 12.1 Å². The van der Waals surface area contributed by atoms with Crippen LogP contribution in [0.4, 0.5) is 4.79 Å². The molecule has 1 aromatic rings. The normalized spacial score (nSPS) is 22.0. The first-order chi connectivity index (χ1) is 12.8. The Balaban J connectivity index is 1.47. The number of carbonyl (C=O) groups excluding carboxylic acids is 5. The molecular formula is C18H18N4O5. The summed E-state index contributed by atoms with van der Waals surface area (Å²) < 4.78 is 0. The molecule has 3 aliphatic heterocycles. The van der Waals surface area contributed by atoms with Crippen LogP contribution >= 0.6 is 0 Å². The first-order valence-electron chi connectivity index (χ1n) is 8.73. The quantitative estimate of drug-likeness (QED) is 0.556. The van der Waals surface area contributed by atoms with Crippen LogP contribution < -0.4 is 10.6 Å². The Hall–Kier alpha value is -3.23. The zero-order valence-corrected chi connectivity index (χ0v) is 14.7. The van der Waals surface area contributed by atoms with Crippen LogP contribution in [0.15, 0.2) is 24.3 Å². The third-order valence-electron chi connectivity index (χ3n) is 5.51. The van der Waals surface area contributed by atoms with Gasteiger partial charge in [0, 0.05) is 13.1 Å². The van der Waals surface area contributed by atoms with E-state index in [9.17, 15) is 24.0 Å². The van der Waals surface area contributed by atoms with Crippen molar-refractivity contribution in [3.8, 4) is 0 Å². The Morgan fingerprint density at radius 2 is 1.59 bits per heavy atom. The summed E-state index contributed by atoms with van der Waals surface area (Å²) in [6, 6.07) is 5.01. The second kappa shape index (κ2) is 5.90. The molecule has 2 fully saturated rings. The number of rotatable bonds is 2. The van der Waals surface area contributed by atoms with Gasteiger partial charge in [0.2, 0.25) is 5.91 Å². The number of urea groups is 1. The van der Waals surface area contributed by atoms with E-state index in [2.05, 4.69) is 10.6 Å². The molecule has 4 rings (SSSR count). The molecule has 0 radical (unpaired) electrons. The van der Waals surface area contributed by atoms with Crippen molar-refractivity contribution in [2.75, 3.05) is 13.1 Å². The van der Waals surface area contributed by atoms with Gasteiger partial charge in [-0.2, -0.15) is 0 Å². The summed E-state index contributed by atoms with van der Waals surface area (Å²) >= 11 is 0. The lowest BCUT2D eigenvalue weighted by atomic mass is 9.87. The number of imide groups is 2. The van der Waals surface area contributed by atoms with Crippen LogP contribution in [0.1, 0.15) is 40.5 Å². The van der Waals surface area contributed by atoms with Gasteiger partial charge in [-0.3, -0.25) is 29.4 Å². The number of hydrogen-bond acceptors (Lipinski definition) is 5. The van der Waals surface area contributed by atoms with Crippen molar-refractivity contribution in [1.29, 1.82) is 0 Å². The number of fused-ring (bicyclic) bond motifs is 1. The molecule has 3 heterocycles. The van der Waals surface area contributed by atoms with E-state index in [1.54, 1.807) is 24.3 Å². The molecule has 0 aromatic heterocycles. The zero-order chi connectivity index (χ0) is 19.3. The summed E-state index contributed by atoms with van der Waals surface area (Å²) in [6.45, 7) is 2.03. The molecule has 27 heavy (non-hydrogen) atoms. The van der Waals surface area contributed by atoms with Gasteiger partial charge in [0.25, 0.3) is 17.7 Å². The number of benzene rings is 1. The van der Waals surface area contributed by atoms with Crippen molar-refractivity contribution in [2.24, 2.45) is 0 Å². The van der Waals surface area contributed by atoms with Gasteiger partial charge >= 0.3 is 6.03 Å². The minimum absolute atomic E-state index is 0.250. The van der Waals surface area contributed by atoms with E-state index < -0.39 is 29.4 Å². The average Bonchev–Trinajstić information content (AvgIpc) is 3.08. The Kier molecular flexibility index (Phi) is 3.76. The highest BCUT2D eigenvalue weighted by atomic mass is 16.2. The highest BCUT2D eigenvalue weighted by Crippen LogP contribution is 2.28. The summed E-state index contributed by atoms with van der Waals surface area (Å²) in [7, 11) is 0. The molecule has 0 aliphatic carbocycles. The van der Waals surface area contributed by atoms with Crippen molar-refractivity contribution >= 4 is 29.7 Å². The highest BCUT2D eigenvalue weighted by Gasteiger charge is 2.49. The summed E-state index contributed by atoms with van der Waals surface area (Å²) in [4.78, 5) is 63.9. The van der Waals surface area contributed by atoms with E-state index in [0.717, 1.165) is 4.90 Å². The second-order valence-electron chi connectivity index (χ2n) is 7.02. The third-order valence-corrected chi connectivity index (χ3v) is 5.51. The van der Waals surface area contributed by atoms with Gasteiger partial charge in [0.15, 0.2) is 0 Å². The van der Waals surface area contributed by atoms with Crippen molar-refractivity contribution in [1.82, 2.24) is 20.4 Å². The molecule has 9 heteroatoms. The van der Waals surface area contributed by atoms with Crippen LogP contribution in [0.5, 0.6) is 0 Å². The molecule has 6 amide bonds. The Labute approximate surface area is 154 Å². The summed E-state index contributed by atoms with van der Waals surface area (Å²) in [5, 5.41) is 4.85.